The van der Waals surface area contributed by atoms with Crippen molar-refractivity contribution in [3.63, 3.8) is 0 Å². The average Bonchev–Trinajstić information content (AvgIpc) is 2.45. The third-order valence-electron chi connectivity index (χ3n) is 2.82. The van der Waals surface area contributed by atoms with Crippen LogP contribution in [0.2, 0.25) is 0 Å². The summed E-state index contributed by atoms with van der Waals surface area (Å²) < 4.78 is 18.9. The second kappa shape index (κ2) is 6.69. The molecule has 0 fully saturated rings. The van der Waals surface area contributed by atoms with Gasteiger partial charge in [-0.25, -0.2) is 4.39 Å². The third kappa shape index (κ3) is 3.81. The number of hydrogen-bond acceptors (Lipinski definition) is 3. The summed E-state index contributed by atoms with van der Waals surface area (Å²) in [5.41, 5.74) is 7.53. The lowest BCUT2D eigenvalue weighted by atomic mass is 10.1. The number of hydrogen-bond donors (Lipinski definition) is 1. The van der Waals surface area contributed by atoms with Gasteiger partial charge in [0.25, 0.3) is 0 Å². The molecule has 20 heavy (non-hydrogen) atoms. The Morgan fingerprint density at radius 2 is 2.00 bits per heavy atom. The lowest BCUT2D eigenvalue weighted by molar-refractivity contribution is 0.305. The average molecular weight is 270 g/mol. The summed E-state index contributed by atoms with van der Waals surface area (Å²) in [6.45, 7) is 0.803. The maximum Gasteiger partial charge on any atom is 0.124 e. The van der Waals surface area contributed by atoms with Crippen LogP contribution in [0.4, 0.5) is 4.39 Å². The Morgan fingerprint density at radius 1 is 1.15 bits per heavy atom. The van der Waals surface area contributed by atoms with Crippen LogP contribution >= 0.6 is 0 Å². The van der Waals surface area contributed by atoms with Crippen LogP contribution in [0.15, 0.2) is 42.5 Å². The monoisotopic (exact) mass is 270 g/mol. The lowest BCUT2D eigenvalue weighted by Gasteiger charge is -2.08. The van der Waals surface area contributed by atoms with Gasteiger partial charge in [0.1, 0.15) is 18.2 Å². The summed E-state index contributed by atoms with van der Waals surface area (Å²) in [6.07, 6.45) is 0.787. The van der Waals surface area contributed by atoms with Crippen LogP contribution in [0.3, 0.4) is 0 Å². The van der Waals surface area contributed by atoms with E-state index in [0.717, 1.165) is 12.0 Å². The molecule has 4 heteroatoms. The molecular weight excluding hydrogens is 255 g/mol. The summed E-state index contributed by atoms with van der Waals surface area (Å²) in [6, 6.07) is 13.7. The number of nitrogens with two attached hydrogens (primary N) is 1. The van der Waals surface area contributed by atoms with E-state index in [1.165, 1.54) is 12.1 Å². The third-order valence-corrected chi connectivity index (χ3v) is 2.82. The Balaban J connectivity index is 2.07. The second-order valence-electron chi connectivity index (χ2n) is 4.43. The van der Waals surface area contributed by atoms with Gasteiger partial charge in [0, 0.05) is 0 Å². The summed E-state index contributed by atoms with van der Waals surface area (Å²) in [5, 5.41) is 8.80. The van der Waals surface area contributed by atoms with E-state index >= 15 is 0 Å². The smallest absolute Gasteiger partial charge is 0.124 e. The summed E-state index contributed by atoms with van der Waals surface area (Å²) in [7, 11) is 0. The quantitative estimate of drug-likeness (QED) is 0.908. The van der Waals surface area contributed by atoms with Gasteiger partial charge in [0.2, 0.25) is 0 Å². The number of nitrogens with zero attached hydrogens (tertiary/aromatic N) is 1. The molecular formula is C16H15FN2O. The van der Waals surface area contributed by atoms with Crippen molar-refractivity contribution < 1.29 is 9.13 Å². The fourth-order valence-corrected chi connectivity index (χ4v) is 1.92. The topological polar surface area (TPSA) is 59.0 Å². The predicted octanol–water partition coefficient (Wildman–Crippen LogP) is 2.78. The van der Waals surface area contributed by atoms with Crippen LogP contribution in [0.1, 0.15) is 16.7 Å². The first kappa shape index (κ1) is 14.0. The summed E-state index contributed by atoms with van der Waals surface area (Å²) in [5.74, 6) is 0.276. The molecule has 0 amide bonds. The van der Waals surface area contributed by atoms with E-state index in [2.05, 4.69) is 0 Å². The molecule has 0 aromatic heterocycles. The summed E-state index contributed by atoms with van der Waals surface area (Å²) in [4.78, 5) is 0. The van der Waals surface area contributed by atoms with Crippen molar-refractivity contribution in [2.45, 2.75) is 13.0 Å². The van der Waals surface area contributed by atoms with E-state index in [-0.39, 0.29) is 6.61 Å². The van der Waals surface area contributed by atoms with Crippen LogP contribution in [0.25, 0.3) is 0 Å². The van der Waals surface area contributed by atoms with Crippen molar-refractivity contribution in [2.75, 3.05) is 6.54 Å². The Labute approximate surface area is 117 Å². The highest BCUT2D eigenvalue weighted by Crippen LogP contribution is 2.16. The van der Waals surface area contributed by atoms with Gasteiger partial charge in [-0.2, -0.15) is 5.26 Å². The van der Waals surface area contributed by atoms with Gasteiger partial charge in [0.05, 0.1) is 11.6 Å². The van der Waals surface area contributed by atoms with Gasteiger partial charge < -0.3 is 10.5 Å². The zero-order valence-corrected chi connectivity index (χ0v) is 11.0. The Kier molecular flexibility index (Phi) is 4.70. The predicted molar refractivity (Wildman–Crippen MR) is 74.6 cm³/mol. The van der Waals surface area contributed by atoms with Gasteiger partial charge in [-0.05, 0) is 54.4 Å². The maximum atomic E-state index is 13.3. The minimum absolute atomic E-state index is 0.221. The van der Waals surface area contributed by atoms with E-state index in [1.807, 2.05) is 30.3 Å². The van der Waals surface area contributed by atoms with Crippen molar-refractivity contribution in [1.82, 2.24) is 0 Å². The molecule has 102 valence electrons. The largest absolute Gasteiger partial charge is 0.489 e. The minimum Gasteiger partial charge on any atom is -0.489 e. The zero-order valence-electron chi connectivity index (χ0n) is 11.0. The molecule has 0 radical (unpaired) electrons. The normalized spacial score (nSPS) is 10.1. The molecule has 3 nitrogen and oxygen atoms in total. The Bertz CT molecular complexity index is 635. The van der Waals surface area contributed by atoms with Crippen LogP contribution in [0, 0.1) is 17.1 Å². The van der Waals surface area contributed by atoms with Gasteiger partial charge in [-0.3, -0.25) is 0 Å². The molecule has 2 aromatic rings. The SMILES string of the molecule is N#Cc1cc(F)cc(COc2cccc(CCN)c2)c1. The fraction of sp³-hybridized carbons (Fsp3) is 0.188. The van der Waals surface area contributed by atoms with Crippen molar-refractivity contribution in [3.8, 4) is 11.8 Å². The minimum atomic E-state index is -0.431. The van der Waals surface area contributed by atoms with Gasteiger partial charge >= 0.3 is 0 Å². The molecule has 0 aliphatic carbocycles. The van der Waals surface area contributed by atoms with Crippen molar-refractivity contribution >= 4 is 0 Å². The molecule has 0 heterocycles. The molecule has 0 aliphatic heterocycles. The summed E-state index contributed by atoms with van der Waals surface area (Å²) >= 11 is 0. The number of nitriles is 1. The van der Waals surface area contributed by atoms with E-state index < -0.39 is 5.82 Å². The van der Waals surface area contributed by atoms with Gasteiger partial charge in [0.15, 0.2) is 0 Å². The molecule has 0 spiro atoms. The van der Waals surface area contributed by atoms with Gasteiger partial charge in [-0.15, -0.1) is 0 Å². The number of benzene rings is 2. The molecule has 2 aromatic carbocycles. The van der Waals surface area contributed by atoms with Crippen molar-refractivity contribution in [1.29, 1.82) is 5.26 Å². The molecule has 2 N–H and O–H groups in total. The van der Waals surface area contributed by atoms with Crippen LogP contribution in [-0.2, 0) is 13.0 Å². The van der Waals surface area contributed by atoms with Crippen molar-refractivity contribution in [3.05, 3.63) is 65.0 Å². The van der Waals surface area contributed by atoms with Crippen LogP contribution in [-0.4, -0.2) is 6.54 Å². The molecule has 0 unspecified atom stereocenters. The first-order valence-electron chi connectivity index (χ1n) is 6.32. The molecule has 0 aliphatic rings. The maximum absolute atomic E-state index is 13.3. The number of ether oxygens (including phenoxy) is 1. The van der Waals surface area contributed by atoms with Crippen molar-refractivity contribution in [2.24, 2.45) is 5.73 Å². The standard InChI is InChI=1S/C16H15FN2O/c17-15-7-13(10-19)6-14(8-15)11-20-16-3-1-2-12(9-16)4-5-18/h1-3,6-9H,4-5,11,18H2. The second-order valence-corrected chi connectivity index (χ2v) is 4.43. The first-order chi connectivity index (χ1) is 9.71. The highest BCUT2D eigenvalue weighted by molar-refractivity contribution is 5.34. The fourth-order valence-electron chi connectivity index (χ4n) is 1.92. The highest BCUT2D eigenvalue weighted by Gasteiger charge is 2.02. The number of halogens is 1. The molecule has 2 rings (SSSR count). The van der Waals surface area contributed by atoms with Crippen LogP contribution in [0.5, 0.6) is 5.75 Å². The highest BCUT2D eigenvalue weighted by atomic mass is 19.1. The van der Waals surface area contributed by atoms with E-state index in [9.17, 15) is 4.39 Å². The van der Waals surface area contributed by atoms with E-state index in [0.29, 0.717) is 23.4 Å². The lowest BCUT2D eigenvalue weighted by Crippen LogP contribution is -2.03. The van der Waals surface area contributed by atoms with E-state index in [1.54, 1.807) is 6.07 Å². The zero-order chi connectivity index (χ0) is 14.4. The first-order valence-corrected chi connectivity index (χ1v) is 6.32. The van der Waals surface area contributed by atoms with Gasteiger partial charge in [-0.1, -0.05) is 12.1 Å². The van der Waals surface area contributed by atoms with E-state index in [4.69, 9.17) is 15.7 Å². The molecule has 0 saturated heterocycles. The Morgan fingerprint density at radius 3 is 2.75 bits per heavy atom. The molecule has 0 atom stereocenters. The molecule has 0 saturated carbocycles. The molecule has 0 bridgehead atoms. The van der Waals surface area contributed by atoms with Crippen LogP contribution < -0.4 is 10.5 Å². The Hall–Kier alpha value is -2.38. The number of rotatable bonds is 5.